The van der Waals surface area contributed by atoms with E-state index in [1.807, 2.05) is 18.2 Å². The fourth-order valence-electron chi connectivity index (χ4n) is 1.79. The van der Waals surface area contributed by atoms with E-state index >= 15 is 0 Å². The van der Waals surface area contributed by atoms with Gasteiger partial charge in [-0.05, 0) is 18.2 Å². The van der Waals surface area contributed by atoms with Gasteiger partial charge in [-0.3, -0.25) is 4.79 Å². The summed E-state index contributed by atoms with van der Waals surface area (Å²) < 4.78 is 15.5. The molecule has 0 saturated heterocycles. The van der Waals surface area contributed by atoms with Gasteiger partial charge in [-0.2, -0.15) is 0 Å². The lowest BCUT2D eigenvalue weighted by Crippen LogP contribution is -2.34. The molecule has 0 unspecified atom stereocenters. The van der Waals surface area contributed by atoms with E-state index in [2.05, 4.69) is 0 Å². The molecule has 0 fully saturated rings. The van der Waals surface area contributed by atoms with Crippen LogP contribution in [0.2, 0.25) is 0 Å². The minimum absolute atomic E-state index is 0.0595. The summed E-state index contributed by atoms with van der Waals surface area (Å²) in [5.41, 5.74) is 0.862. The van der Waals surface area contributed by atoms with Crippen LogP contribution in [0.15, 0.2) is 18.2 Å². The molecule has 0 bridgehead atoms. The Bertz CT molecular complexity index is 439. The molecule has 0 N–H and O–H groups in total. The van der Waals surface area contributed by atoms with Crippen molar-refractivity contribution in [3.05, 3.63) is 23.8 Å². The highest BCUT2D eigenvalue weighted by atomic mass is 35.5. The molecule has 0 aromatic heterocycles. The van der Waals surface area contributed by atoms with Gasteiger partial charge < -0.3 is 19.1 Å². The molecular formula is C14H20ClNO4. The fourth-order valence-corrected chi connectivity index (χ4v) is 1.96. The number of halogens is 1. The molecule has 1 aromatic rings. The van der Waals surface area contributed by atoms with E-state index in [0.717, 1.165) is 5.56 Å². The van der Waals surface area contributed by atoms with Gasteiger partial charge in [0.15, 0.2) is 0 Å². The number of hydrogen-bond donors (Lipinski definition) is 0. The lowest BCUT2D eigenvalue weighted by molar-refractivity contribution is -0.129. The number of methoxy groups -OCH3 is 3. The maximum Gasteiger partial charge on any atom is 0.237 e. The molecule has 5 nitrogen and oxygen atoms in total. The fraction of sp³-hybridized carbons (Fsp3) is 0.500. The van der Waals surface area contributed by atoms with Crippen LogP contribution in [0.1, 0.15) is 5.56 Å². The number of nitrogens with zero attached hydrogens (tertiary/aromatic N) is 1. The highest BCUT2D eigenvalue weighted by Crippen LogP contribution is 2.25. The Labute approximate surface area is 124 Å². The van der Waals surface area contributed by atoms with Crippen LogP contribution in [-0.4, -0.2) is 51.2 Å². The number of alkyl halides is 1. The third kappa shape index (κ3) is 4.58. The molecule has 1 rings (SSSR count). The maximum absolute atomic E-state index is 11.8. The second-order valence-electron chi connectivity index (χ2n) is 4.12. The SMILES string of the molecule is COCCN(Cc1cc(OC)ccc1OC)C(=O)CCl. The predicted octanol–water partition coefficient (Wildman–Crippen LogP) is 1.92. The summed E-state index contributed by atoms with van der Waals surface area (Å²) >= 11 is 5.64. The molecule has 0 aliphatic heterocycles. The van der Waals surface area contributed by atoms with Gasteiger partial charge in [-0.1, -0.05) is 0 Å². The summed E-state index contributed by atoms with van der Waals surface area (Å²) in [5, 5.41) is 0. The van der Waals surface area contributed by atoms with Gasteiger partial charge in [0, 0.05) is 25.8 Å². The van der Waals surface area contributed by atoms with Gasteiger partial charge in [0.2, 0.25) is 5.91 Å². The molecule has 20 heavy (non-hydrogen) atoms. The zero-order valence-electron chi connectivity index (χ0n) is 12.0. The van der Waals surface area contributed by atoms with E-state index in [0.29, 0.717) is 31.2 Å². The Morgan fingerprint density at radius 2 is 2.00 bits per heavy atom. The second-order valence-corrected chi connectivity index (χ2v) is 4.39. The Hall–Kier alpha value is -1.46. The standard InChI is InChI=1S/C14H20ClNO4/c1-18-7-6-16(14(17)9-15)10-11-8-12(19-2)4-5-13(11)20-3/h4-5,8H,6-7,9-10H2,1-3H3. The van der Waals surface area contributed by atoms with Gasteiger partial charge >= 0.3 is 0 Å². The summed E-state index contributed by atoms with van der Waals surface area (Å²) in [6.45, 7) is 1.33. The van der Waals surface area contributed by atoms with Crippen molar-refractivity contribution in [2.75, 3.05) is 40.4 Å². The Morgan fingerprint density at radius 1 is 1.25 bits per heavy atom. The number of benzene rings is 1. The van der Waals surface area contributed by atoms with Crippen molar-refractivity contribution in [3.8, 4) is 11.5 Å². The van der Waals surface area contributed by atoms with Crippen LogP contribution in [0.25, 0.3) is 0 Å². The Kier molecular flexibility index (Phi) is 7.18. The number of carbonyl (C=O) groups is 1. The van der Waals surface area contributed by atoms with Gasteiger partial charge in [0.1, 0.15) is 17.4 Å². The number of hydrogen-bond acceptors (Lipinski definition) is 4. The minimum Gasteiger partial charge on any atom is -0.497 e. The first-order valence-corrected chi connectivity index (χ1v) is 6.73. The quantitative estimate of drug-likeness (QED) is 0.688. The van der Waals surface area contributed by atoms with E-state index in [9.17, 15) is 4.79 Å². The molecule has 1 aromatic carbocycles. The van der Waals surface area contributed by atoms with E-state index in [1.54, 1.807) is 26.2 Å². The van der Waals surface area contributed by atoms with Crippen molar-refractivity contribution < 1.29 is 19.0 Å². The van der Waals surface area contributed by atoms with Crippen LogP contribution in [0.4, 0.5) is 0 Å². The number of amides is 1. The Balaban J connectivity index is 2.93. The van der Waals surface area contributed by atoms with Gasteiger partial charge in [-0.25, -0.2) is 0 Å². The molecule has 0 heterocycles. The van der Waals surface area contributed by atoms with Gasteiger partial charge in [0.25, 0.3) is 0 Å². The van der Waals surface area contributed by atoms with Crippen molar-refractivity contribution >= 4 is 17.5 Å². The smallest absolute Gasteiger partial charge is 0.237 e. The first-order chi connectivity index (χ1) is 9.65. The third-order valence-corrected chi connectivity index (χ3v) is 3.11. The normalized spacial score (nSPS) is 10.2. The van der Waals surface area contributed by atoms with Gasteiger partial charge in [0.05, 0.1) is 20.8 Å². The van der Waals surface area contributed by atoms with Crippen molar-refractivity contribution in [3.63, 3.8) is 0 Å². The maximum atomic E-state index is 11.8. The second kappa shape index (κ2) is 8.66. The van der Waals surface area contributed by atoms with Crippen molar-refractivity contribution in [2.45, 2.75) is 6.54 Å². The topological polar surface area (TPSA) is 48.0 Å². The zero-order chi connectivity index (χ0) is 15.0. The summed E-state index contributed by atoms with van der Waals surface area (Å²) in [6, 6.07) is 5.47. The zero-order valence-corrected chi connectivity index (χ0v) is 12.8. The molecular weight excluding hydrogens is 282 g/mol. The van der Waals surface area contributed by atoms with E-state index in [-0.39, 0.29) is 11.8 Å². The largest absolute Gasteiger partial charge is 0.497 e. The molecule has 0 aliphatic rings. The van der Waals surface area contributed by atoms with Gasteiger partial charge in [-0.15, -0.1) is 11.6 Å². The first-order valence-electron chi connectivity index (χ1n) is 6.19. The van der Waals surface area contributed by atoms with Crippen LogP contribution in [0.3, 0.4) is 0 Å². The predicted molar refractivity (Wildman–Crippen MR) is 77.6 cm³/mol. The van der Waals surface area contributed by atoms with Crippen LogP contribution in [0.5, 0.6) is 11.5 Å². The number of rotatable bonds is 8. The summed E-state index contributed by atoms with van der Waals surface area (Å²) in [7, 11) is 4.78. The van der Waals surface area contributed by atoms with Crippen LogP contribution in [0, 0.1) is 0 Å². The molecule has 112 valence electrons. The van der Waals surface area contributed by atoms with Crippen LogP contribution >= 0.6 is 11.6 Å². The van der Waals surface area contributed by atoms with Crippen molar-refractivity contribution in [1.29, 1.82) is 0 Å². The molecule has 0 aliphatic carbocycles. The average molecular weight is 302 g/mol. The molecule has 1 amide bonds. The number of ether oxygens (including phenoxy) is 3. The lowest BCUT2D eigenvalue weighted by Gasteiger charge is -2.23. The minimum atomic E-state index is -0.145. The summed E-state index contributed by atoms with van der Waals surface area (Å²) in [4.78, 5) is 13.5. The van der Waals surface area contributed by atoms with Crippen LogP contribution in [-0.2, 0) is 16.1 Å². The summed E-state index contributed by atoms with van der Waals surface area (Å²) in [5.74, 6) is 1.21. The molecule has 0 saturated carbocycles. The highest BCUT2D eigenvalue weighted by Gasteiger charge is 2.15. The monoisotopic (exact) mass is 301 g/mol. The first kappa shape index (κ1) is 16.6. The van der Waals surface area contributed by atoms with E-state index < -0.39 is 0 Å². The number of carbonyl (C=O) groups excluding carboxylic acids is 1. The van der Waals surface area contributed by atoms with Crippen molar-refractivity contribution in [2.24, 2.45) is 0 Å². The van der Waals surface area contributed by atoms with E-state index in [1.165, 1.54) is 0 Å². The molecule has 6 heteroatoms. The third-order valence-electron chi connectivity index (χ3n) is 2.88. The Morgan fingerprint density at radius 3 is 2.55 bits per heavy atom. The lowest BCUT2D eigenvalue weighted by atomic mass is 10.1. The van der Waals surface area contributed by atoms with Crippen molar-refractivity contribution in [1.82, 2.24) is 4.90 Å². The van der Waals surface area contributed by atoms with E-state index in [4.69, 9.17) is 25.8 Å². The average Bonchev–Trinajstić information content (AvgIpc) is 2.50. The molecule has 0 atom stereocenters. The van der Waals surface area contributed by atoms with Crippen LogP contribution < -0.4 is 9.47 Å². The molecule has 0 radical (unpaired) electrons. The molecule has 0 spiro atoms. The summed E-state index contributed by atoms with van der Waals surface area (Å²) in [6.07, 6.45) is 0. The highest BCUT2D eigenvalue weighted by molar-refractivity contribution is 6.27.